The summed E-state index contributed by atoms with van der Waals surface area (Å²) in [5.74, 6) is 0.408. The van der Waals surface area contributed by atoms with Gasteiger partial charge in [0.1, 0.15) is 24.7 Å². The van der Waals surface area contributed by atoms with Crippen molar-refractivity contribution in [2.45, 2.75) is 32.4 Å². The molecule has 30 heavy (non-hydrogen) atoms. The summed E-state index contributed by atoms with van der Waals surface area (Å²) in [5, 5.41) is 11.6. The molecule has 3 rings (SSSR count). The molecule has 2 aromatic rings. The molecule has 1 N–H and O–H groups in total. The normalized spacial score (nSPS) is 18.7. The van der Waals surface area contributed by atoms with E-state index >= 15 is 0 Å². The van der Waals surface area contributed by atoms with Gasteiger partial charge in [-0.1, -0.05) is 0 Å². The van der Waals surface area contributed by atoms with Crippen molar-refractivity contribution < 1.29 is 27.4 Å². The molecule has 0 saturated carbocycles. The predicted octanol–water partition coefficient (Wildman–Crippen LogP) is 4.17. The van der Waals surface area contributed by atoms with Crippen LogP contribution in [0, 0.1) is 11.3 Å². The molecule has 6 nitrogen and oxygen atoms in total. The van der Waals surface area contributed by atoms with E-state index in [9.17, 15) is 18.0 Å². The van der Waals surface area contributed by atoms with Gasteiger partial charge in [-0.3, -0.25) is 4.79 Å². The molecule has 0 bridgehead atoms. The minimum Gasteiger partial charge on any atom is -0.491 e. The summed E-state index contributed by atoms with van der Waals surface area (Å²) in [7, 11) is 0. The van der Waals surface area contributed by atoms with Crippen LogP contribution in [0.1, 0.15) is 25.0 Å². The van der Waals surface area contributed by atoms with Gasteiger partial charge in [0.2, 0.25) is 5.91 Å². The first-order valence-electron chi connectivity index (χ1n) is 9.21. The third-order valence-electron chi connectivity index (χ3n) is 4.60. The molecule has 0 aromatic heterocycles. The smallest absolute Gasteiger partial charge is 0.417 e. The van der Waals surface area contributed by atoms with Crippen LogP contribution in [0.15, 0.2) is 42.5 Å². The molecule has 1 saturated heterocycles. The third-order valence-corrected chi connectivity index (χ3v) is 4.60. The standard InChI is InChI=1S/C21H20F3N3O3/c1-13(28)26-16-4-7-18(8-5-16)29-12-19-11-27(14(2)30-19)17-6-3-15(10-25)20(9-17)21(22,23)24/h3-9,14,19H,11-12H2,1-2H3,(H,26,28)/t14-,19+/m1/s1. The number of carbonyl (C=O) groups excluding carboxylic acids is 1. The SMILES string of the molecule is CC(=O)Nc1ccc(OC[C@@H]2CN(c3ccc(C#N)c(C(F)(F)F)c3)[C@@H](C)O2)cc1. The monoisotopic (exact) mass is 419 g/mol. The first kappa shape index (κ1) is 21.5. The summed E-state index contributed by atoms with van der Waals surface area (Å²) < 4.78 is 51.2. The number of ether oxygens (including phenoxy) is 2. The zero-order valence-electron chi connectivity index (χ0n) is 16.4. The number of hydrogen-bond donors (Lipinski definition) is 1. The Bertz CT molecular complexity index is 955. The largest absolute Gasteiger partial charge is 0.491 e. The number of rotatable bonds is 5. The second kappa shape index (κ2) is 8.63. The Morgan fingerprint density at radius 1 is 1.30 bits per heavy atom. The van der Waals surface area contributed by atoms with Crippen molar-refractivity contribution in [1.29, 1.82) is 5.26 Å². The second-order valence-corrected chi connectivity index (χ2v) is 6.87. The van der Waals surface area contributed by atoms with Gasteiger partial charge in [-0.2, -0.15) is 18.4 Å². The summed E-state index contributed by atoms with van der Waals surface area (Å²) in [6.07, 6.45) is -5.41. The fraction of sp³-hybridized carbons (Fsp3) is 0.333. The molecule has 2 atom stereocenters. The Balaban J connectivity index is 1.65. The number of hydrogen-bond acceptors (Lipinski definition) is 5. The molecule has 1 aliphatic heterocycles. The van der Waals surface area contributed by atoms with Crippen molar-refractivity contribution in [1.82, 2.24) is 0 Å². The maximum atomic E-state index is 13.2. The van der Waals surface area contributed by atoms with Crippen LogP contribution in [0.4, 0.5) is 24.5 Å². The lowest BCUT2D eigenvalue weighted by atomic mass is 10.1. The zero-order chi connectivity index (χ0) is 21.9. The molecule has 0 unspecified atom stereocenters. The number of alkyl halides is 3. The van der Waals surface area contributed by atoms with Crippen LogP contribution < -0.4 is 15.0 Å². The number of halogens is 3. The molecule has 1 heterocycles. The van der Waals surface area contributed by atoms with Crippen LogP contribution in [0.25, 0.3) is 0 Å². The van der Waals surface area contributed by atoms with E-state index in [4.69, 9.17) is 14.7 Å². The van der Waals surface area contributed by atoms with Crippen molar-refractivity contribution in [2.75, 3.05) is 23.4 Å². The summed E-state index contributed by atoms with van der Waals surface area (Å²) in [6, 6.07) is 12.0. The lowest BCUT2D eigenvalue weighted by Crippen LogP contribution is -2.28. The van der Waals surface area contributed by atoms with Crippen molar-refractivity contribution in [3.05, 3.63) is 53.6 Å². The molecule has 1 fully saturated rings. The van der Waals surface area contributed by atoms with Gasteiger partial charge in [0, 0.05) is 18.3 Å². The van der Waals surface area contributed by atoms with E-state index in [-0.39, 0.29) is 18.6 Å². The Morgan fingerprint density at radius 2 is 2.00 bits per heavy atom. The quantitative estimate of drug-likeness (QED) is 0.788. The van der Waals surface area contributed by atoms with E-state index < -0.39 is 23.5 Å². The number of nitrogens with one attached hydrogen (secondary N) is 1. The first-order chi connectivity index (χ1) is 14.2. The minimum absolute atomic E-state index is 0.173. The fourth-order valence-corrected chi connectivity index (χ4v) is 3.24. The summed E-state index contributed by atoms with van der Waals surface area (Å²) >= 11 is 0. The second-order valence-electron chi connectivity index (χ2n) is 6.87. The maximum Gasteiger partial charge on any atom is 0.417 e. The molecule has 9 heteroatoms. The van der Waals surface area contributed by atoms with Gasteiger partial charge < -0.3 is 19.7 Å². The molecular formula is C21H20F3N3O3. The zero-order valence-corrected chi connectivity index (χ0v) is 16.4. The Morgan fingerprint density at radius 3 is 2.60 bits per heavy atom. The van der Waals surface area contributed by atoms with E-state index in [0.29, 0.717) is 23.7 Å². The highest BCUT2D eigenvalue weighted by Gasteiger charge is 2.36. The highest BCUT2D eigenvalue weighted by Crippen LogP contribution is 2.36. The molecule has 0 radical (unpaired) electrons. The number of carbonyl (C=O) groups is 1. The topological polar surface area (TPSA) is 74.6 Å². The van der Waals surface area contributed by atoms with Crippen molar-refractivity contribution in [3.63, 3.8) is 0 Å². The van der Waals surface area contributed by atoms with Crippen molar-refractivity contribution >= 4 is 17.3 Å². The molecule has 1 amide bonds. The van der Waals surface area contributed by atoms with Crippen molar-refractivity contribution in [2.24, 2.45) is 0 Å². The minimum atomic E-state index is -4.61. The van der Waals surface area contributed by atoms with E-state index in [1.54, 1.807) is 42.2 Å². The summed E-state index contributed by atoms with van der Waals surface area (Å²) in [5.41, 5.74) is -0.403. The third kappa shape index (κ3) is 5.02. The average Bonchev–Trinajstić information content (AvgIpc) is 3.06. The maximum absolute atomic E-state index is 13.2. The lowest BCUT2D eigenvalue weighted by Gasteiger charge is -2.23. The molecular weight excluding hydrogens is 399 g/mol. The van der Waals surface area contributed by atoms with Crippen LogP contribution in [-0.4, -0.2) is 31.4 Å². The van der Waals surface area contributed by atoms with Crippen LogP contribution in [0.2, 0.25) is 0 Å². The van der Waals surface area contributed by atoms with Gasteiger partial charge >= 0.3 is 6.18 Å². The van der Waals surface area contributed by atoms with E-state index in [0.717, 1.165) is 6.07 Å². The predicted molar refractivity (Wildman–Crippen MR) is 104 cm³/mol. The molecule has 0 aliphatic carbocycles. The van der Waals surface area contributed by atoms with Crippen LogP contribution in [0.5, 0.6) is 5.75 Å². The molecule has 0 spiro atoms. The Labute approximate surface area is 171 Å². The Hall–Kier alpha value is -3.25. The molecule has 1 aliphatic rings. The lowest BCUT2D eigenvalue weighted by molar-refractivity contribution is -0.137. The van der Waals surface area contributed by atoms with Gasteiger partial charge in [0.25, 0.3) is 0 Å². The van der Waals surface area contributed by atoms with Crippen LogP contribution in [-0.2, 0) is 15.7 Å². The van der Waals surface area contributed by atoms with Gasteiger partial charge in [-0.25, -0.2) is 0 Å². The number of anilines is 2. The van der Waals surface area contributed by atoms with E-state index in [2.05, 4.69) is 5.32 Å². The Kier molecular flexibility index (Phi) is 6.17. The first-order valence-corrected chi connectivity index (χ1v) is 9.21. The average molecular weight is 419 g/mol. The summed E-state index contributed by atoms with van der Waals surface area (Å²) in [6.45, 7) is 3.71. The summed E-state index contributed by atoms with van der Waals surface area (Å²) in [4.78, 5) is 12.7. The number of nitriles is 1. The highest BCUT2D eigenvalue weighted by atomic mass is 19.4. The number of nitrogens with zero attached hydrogens (tertiary/aromatic N) is 2. The fourth-order valence-electron chi connectivity index (χ4n) is 3.24. The van der Waals surface area contributed by atoms with Gasteiger partial charge in [-0.15, -0.1) is 0 Å². The number of benzene rings is 2. The van der Waals surface area contributed by atoms with Crippen LogP contribution >= 0.6 is 0 Å². The number of amides is 1. The molecule has 158 valence electrons. The van der Waals surface area contributed by atoms with E-state index in [1.165, 1.54) is 19.1 Å². The highest BCUT2D eigenvalue weighted by molar-refractivity contribution is 5.88. The van der Waals surface area contributed by atoms with E-state index in [1.807, 2.05) is 0 Å². The van der Waals surface area contributed by atoms with Gasteiger partial charge in [-0.05, 0) is 49.4 Å². The molecule has 2 aromatic carbocycles. The van der Waals surface area contributed by atoms with Crippen molar-refractivity contribution in [3.8, 4) is 11.8 Å². The van der Waals surface area contributed by atoms with Crippen LogP contribution in [0.3, 0.4) is 0 Å². The van der Waals surface area contributed by atoms with Gasteiger partial charge in [0.05, 0.1) is 23.7 Å². The van der Waals surface area contributed by atoms with Gasteiger partial charge in [0.15, 0.2) is 0 Å².